The summed E-state index contributed by atoms with van der Waals surface area (Å²) in [7, 11) is 0. The number of carboxylic acid groups (broad SMARTS) is 1. The molecule has 0 aromatic heterocycles. The quantitative estimate of drug-likeness (QED) is 0.133. The van der Waals surface area contributed by atoms with Gasteiger partial charge in [-0.25, -0.2) is 0 Å². The third kappa shape index (κ3) is 6.92. The van der Waals surface area contributed by atoms with Crippen molar-refractivity contribution in [2.24, 2.45) is 10.2 Å². The zero-order valence-corrected chi connectivity index (χ0v) is 21.7. The van der Waals surface area contributed by atoms with Crippen molar-refractivity contribution in [1.82, 2.24) is 0 Å². The summed E-state index contributed by atoms with van der Waals surface area (Å²) in [4.78, 5) is 18.1. The lowest BCUT2D eigenvalue weighted by Crippen LogP contribution is -2.66. The van der Waals surface area contributed by atoms with Gasteiger partial charge in [-0.1, -0.05) is 39.7 Å². The molecule has 0 radical (unpaired) electrons. The van der Waals surface area contributed by atoms with E-state index in [1.54, 1.807) is 12.1 Å². The molecule has 1 aromatic rings. The first-order valence-electron chi connectivity index (χ1n) is 11.8. The maximum atomic E-state index is 12.2. The minimum Gasteiger partial charge on any atom is -0.544 e. The van der Waals surface area contributed by atoms with Gasteiger partial charge in [0.1, 0.15) is 35.8 Å². The van der Waals surface area contributed by atoms with Crippen LogP contribution in [0.1, 0.15) is 18.9 Å². The first-order valence-corrected chi connectivity index (χ1v) is 12.7. The van der Waals surface area contributed by atoms with Crippen LogP contribution in [0.5, 0.6) is 0 Å². The number of rotatable bonds is 10. The van der Waals surface area contributed by atoms with E-state index in [0.717, 1.165) is 17.3 Å². The Morgan fingerprint density at radius 2 is 1.87 bits per heavy atom. The maximum absolute atomic E-state index is 12.2. The molecule has 214 valence electrons. The molecular weight excluding hydrogens is 540 g/mol. The standard InChI is InChI=1S/C22H30N6O10S/c1-9-3-5-11(6-4-9)39-20-18(33)17(32)16(31)13(37-20)8-36-22(21(34)35)7-12(30)15(26-28-24)19(38-22)14(10(2)29)25-27-23/h3-6,10,12-20,29-33H,7-8H2,1-2H3,(H,34,35)/p-1/t10-,12-,13?,14-,15-,16+,17+,18?,19?,20+,22-/m1/s1. The third-order valence-corrected chi connectivity index (χ3v) is 7.64. The summed E-state index contributed by atoms with van der Waals surface area (Å²) in [6, 6.07) is 4.21. The number of thioether (sulfide) groups is 1. The third-order valence-electron chi connectivity index (χ3n) is 6.47. The van der Waals surface area contributed by atoms with Crippen molar-refractivity contribution in [3.05, 3.63) is 50.7 Å². The topological polar surface area (TPSA) is 266 Å². The van der Waals surface area contributed by atoms with Crippen LogP contribution in [0.2, 0.25) is 0 Å². The highest BCUT2D eigenvalue weighted by atomic mass is 32.2. The molecule has 17 heteroatoms. The highest BCUT2D eigenvalue weighted by Gasteiger charge is 2.53. The lowest BCUT2D eigenvalue weighted by atomic mass is 9.88. The van der Waals surface area contributed by atoms with E-state index in [2.05, 4.69) is 20.1 Å². The molecule has 5 N–H and O–H groups in total. The van der Waals surface area contributed by atoms with Crippen LogP contribution in [0.4, 0.5) is 0 Å². The van der Waals surface area contributed by atoms with Gasteiger partial charge in [-0.3, -0.25) is 0 Å². The van der Waals surface area contributed by atoms with Gasteiger partial charge in [-0.15, -0.1) is 0 Å². The van der Waals surface area contributed by atoms with E-state index < -0.39 is 85.0 Å². The van der Waals surface area contributed by atoms with E-state index in [9.17, 15) is 35.4 Å². The van der Waals surface area contributed by atoms with Crippen molar-refractivity contribution in [1.29, 1.82) is 0 Å². The zero-order valence-electron chi connectivity index (χ0n) is 20.9. The molecule has 2 heterocycles. The molecule has 2 aliphatic heterocycles. The number of aliphatic hydroxyl groups excluding tert-OH is 5. The van der Waals surface area contributed by atoms with E-state index in [0.29, 0.717) is 4.90 Å². The maximum Gasteiger partial charge on any atom is 0.212 e. The fourth-order valence-corrected chi connectivity index (χ4v) is 5.39. The van der Waals surface area contributed by atoms with E-state index in [-0.39, 0.29) is 0 Å². The Bertz CT molecular complexity index is 1080. The Kier molecular flexibility index (Phi) is 10.4. The number of aryl methyl sites for hydroxylation is 1. The number of carbonyl (C=O) groups excluding carboxylic acids is 1. The van der Waals surface area contributed by atoms with Gasteiger partial charge in [0.05, 0.1) is 37.0 Å². The summed E-state index contributed by atoms with van der Waals surface area (Å²) in [6.45, 7) is 2.38. The van der Waals surface area contributed by atoms with Crippen LogP contribution in [-0.4, -0.2) is 104 Å². The van der Waals surface area contributed by atoms with Crippen LogP contribution in [0.3, 0.4) is 0 Å². The van der Waals surface area contributed by atoms with Gasteiger partial charge in [-0.05, 0) is 37.0 Å². The van der Waals surface area contributed by atoms with Gasteiger partial charge < -0.3 is 49.6 Å². The van der Waals surface area contributed by atoms with Crippen LogP contribution >= 0.6 is 11.8 Å². The largest absolute Gasteiger partial charge is 0.544 e. The summed E-state index contributed by atoms with van der Waals surface area (Å²) in [5.74, 6) is -4.69. The van der Waals surface area contributed by atoms with Crippen LogP contribution in [-0.2, 0) is 19.0 Å². The number of aliphatic carboxylic acids is 1. The van der Waals surface area contributed by atoms with Gasteiger partial charge in [0.15, 0.2) is 0 Å². The molecule has 0 spiro atoms. The van der Waals surface area contributed by atoms with Crippen LogP contribution in [0.15, 0.2) is 39.4 Å². The number of hydrogen-bond donors (Lipinski definition) is 5. The fraction of sp³-hybridized carbons (Fsp3) is 0.682. The molecule has 3 rings (SSSR count). The Morgan fingerprint density at radius 1 is 1.21 bits per heavy atom. The molecule has 3 unspecified atom stereocenters. The Labute approximate surface area is 226 Å². The first-order chi connectivity index (χ1) is 18.4. The molecule has 2 aliphatic rings. The molecule has 0 bridgehead atoms. The fourth-order valence-electron chi connectivity index (χ4n) is 4.33. The summed E-state index contributed by atoms with van der Waals surface area (Å²) >= 11 is 1.06. The van der Waals surface area contributed by atoms with Crippen molar-refractivity contribution in [2.75, 3.05) is 6.61 Å². The van der Waals surface area contributed by atoms with E-state index in [1.165, 1.54) is 6.92 Å². The minimum atomic E-state index is -2.73. The summed E-state index contributed by atoms with van der Waals surface area (Å²) < 4.78 is 16.8. The molecule has 39 heavy (non-hydrogen) atoms. The Balaban J connectivity index is 1.84. The molecular formula is C22H29N6O10S-. The van der Waals surface area contributed by atoms with Crippen molar-refractivity contribution >= 4 is 17.7 Å². The molecule has 11 atom stereocenters. The van der Waals surface area contributed by atoms with Crippen molar-refractivity contribution in [2.45, 2.75) is 91.2 Å². The number of azide groups is 2. The second-order valence-corrected chi connectivity index (χ2v) is 10.5. The average Bonchev–Trinajstić information content (AvgIpc) is 2.89. The summed E-state index contributed by atoms with van der Waals surface area (Å²) in [6.07, 6.45) is -11.9. The van der Waals surface area contributed by atoms with Gasteiger partial charge >= 0.3 is 0 Å². The van der Waals surface area contributed by atoms with Crippen LogP contribution in [0, 0.1) is 6.92 Å². The van der Waals surface area contributed by atoms with E-state index in [1.807, 2.05) is 19.1 Å². The Morgan fingerprint density at radius 3 is 2.44 bits per heavy atom. The number of carboxylic acids is 1. The average molecular weight is 570 g/mol. The molecule has 16 nitrogen and oxygen atoms in total. The lowest BCUT2D eigenvalue weighted by molar-refractivity contribution is -0.381. The smallest absolute Gasteiger partial charge is 0.212 e. The number of nitrogens with zero attached hydrogens (tertiary/aromatic N) is 6. The number of aliphatic hydroxyl groups is 5. The molecule has 0 aliphatic carbocycles. The van der Waals surface area contributed by atoms with Crippen LogP contribution in [0.25, 0.3) is 20.9 Å². The van der Waals surface area contributed by atoms with Gasteiger partial charge in [0, 0.05) is 21.1 Å². The lowest BCUT2D eigenvalue weighted by Gasteiger charge is -2.48. The number of ether oxygens (including phenoxy) is 3. The van der Waals surface area contributed by atoms with Gasteiger partial charge in [0.2, 0.25) is 5.79 Å². The second-order valence-electron chi connectivity index (χ2n) is 9.28. The number of hydrogen-bond acceptors (Lipinski definition) is 13. The predicted molar refractivity (Wildman–Crippen MR) is 130 cm³/mol. The van der Waals surface area contributed by atoms with E-state index >= 15 is 0 Å². The second kappa shape index (κ2) is 13.1. The molecule has 2 saturated heterocycles. The van der Waals surface area contributed by atoms with Gasteiger partial charge in [0.25, 0.3) is 0 Å². The number of carbonyl (C=O) groups is 1. The minimum absolute atomic E-state index is 0.687. The van der Waals surface area contributed by atoms with Crippen molar-refractivity contribution in [3.63, 3.8) is 0 Å². The molecule has 2 fully saturated rings. The normalized spacial score (nSPS) is 36.2. The van der Waals surface area contributed by atoms with E-state index in [4.69, 9.17) is 25.3 Å². The molecule has 0 saturated carbocycles. The zero-order chi connectivity index (χ0) is 28.9. The van der Waals surface area contributed by atoms with Crippen molar-refractivity contribution < 1.29 is 49.6 Å². The van der Waals surface area contributed by atoms with Gasteiger partial charge in [-0.2, -0.15) is 0 Å². The Hall–Kier alpha value is -2.66. The highest BCUT2D eigenvalue weighted by molar-refractivity contribution is 7.99. The summed E-state index contributed by atoms with van der Waals surface area (Å²) in [5, 5.41) is 71.2. The number of benzene rings is 1. The monoisotopic (exact) mass is 569 g/mol. The molecule has 0 amide bonds. The summed E-state index contributed by atoms with van der Waals surface area (Å²) in [5.41, 5.74) is 17.7. The van der Waals surface area contributed by atoms with Crippen LogP contribution < -0.4 is 5.11 Å². The SMILES string of the molecule is Cc1ccc(S[C@@H]2OC(CO[C@]3(C(=O)[O-])C[C@@H](O)[C@@H](N=[N+]=[N-])C([C@H](N=[N+]=[N-])[C@@H](C)O)O3)[C@H](O)[C@H](O)C2O)cc1. The van der Waals surface area contributed by atoms with Crippen molar-refractivity contribution in [3.8, 4) is 0 Å². The molecule has 1 aromatic carbocycles. The first kappa shape index (κ1) is 30.9. The predicted octanol–water partition coefficient (Wildman–Crippen LogP) is -0.754. The highest BCUT2D eigenvalue weighted by Crippen LogP contribution is 2.37.